The van der Waals surface area contributed by atoms with Crippen LogP contribution in [0.25, 0.3) is 11.1 Å². The number of rotatable bonds is 6. The van der Waals surface area contributed by atoms with E-state index in [0.717, 1.165) is 42.2 Å². The summed E-state index contributed by atoms with van der Waals surface area (Å²) in [5.74, 6) is 3.17. The summed E-state index contributed by atoms with van der Waals surface area (Å²) in [4.78, 5) is 11.2. The molecular formula is C36H47FO2. The summed E-state index contributed by atoms with van der Waals surface area (Å²) in [6.45, 7) is 7.38. The Bertz CT molecular complexity index is 1180. The predicted octanol–water partition coefficient (Wildman–Crippen LogP) is 9.68. The fraction of sp³-hybridized carbons (Fsp3) is 0.639. The van der Waals surface area contributed by atoms with E-state index in [1.807, 2.05) is 18.2 Å². The van der Waals surface area contributed by atoms with E-state index < -0.39 is 11.6 Å². The predicted molar refractivity (Wildman–Crippen MR) is 156 cm³/mol. The van der Waals surface area contributed by atoms with Crippen LogP contribution in [0.15, 0.2) is 54.6 Å². The quantitative estimate of drug-likeness (QED) is 0.404. The van der Waals surface area contributed by atoms with E-state index in [9.17, 15) is 9.90 Å². The van der Waals surface area contributed by atoms with Gasteiger partial charge in [-0.1, -0.05) is 75.4 Å². The van der Waals surface area contributed by atoms with Crippen LogP contribution in [0, 0.1) is 46.3 Å². The number of carbonyl (C=O) groups is 1. The summed E-state index contributed by atoms with van der Waals surface area (Å²) in [5, 5.41) is 9.24. The van der Waals surface area contributed by atoms with Crippen LogP contribution in [-0.4, -0.2) is 11.1 Å². The highest BCUT2D eigenvalue weighted by Crippen LogP contribution is 2.69. The number of aliphatic carboxylic acids is 1. The Balaban J connectivity index is 1.16. The molecule has 2 aromatic carbocycles. The average molecular weight is 531 g/mol. The van der Waals surface area contributed by atoms with Crippen LogP contribution in [0.3, 0.4) is 0 Å². The number of benzene rings is 2. The molecule has 2 nitrogen and oxygen atoms in total. The molecule has 9 atom stereocenters. The smallest absolute Gasteiger partial charge is 0.303 e. The molecule has 39 heavy (non-hydrogen) atoms. The molecule has 0 amide bonds. The van der Waals surface area contributed by atoms with Crippen molar-refractivity contribution in [1.29, 1.82) is 0 Å². The van der Waals surface area contributed by atoms with Gasteiger partial charge in [0.2, 0.25) is 0 Å². The first-order valence-corrected chi connectivity index (χ1v) is 15.7. The molecule has 4 aliphatic rings. The molecule has 4 saturated carbocycles. The second-order valence-electron chi connectivity index (χ2n) is 14.4. The molecule has 0 radical (unpaired) electrons. The molecule has 0 aromatic heterocycles. The minimum atomic E-state index is -1.21. The molecule has 0 heterocycles. The van der Waals surface area contributed by atoms with Gasteiger partial charge in [0.25, 0.3) is 0 Å². The number of halogens is 1. The van der Waals surface area contributed by atoms with Crippen LogP contribution in [0.4, 0.5) is 4.39 Å². The molecule has 0 spiro atoms. The third-order valence-electron chi connectivity index (χ3n) is 12.8. The molecule has 0 saturated heterocycles. The fourth-order valence-electron chi connectivity index (χ4n) is 10.6. The van der Waals surface area contributed by atoms with Crippen molar-refractivity contribution in [3.8, 4) is 11.1 Å². The van der Waals surface area contributed by atoms with Gasteiger partial charge in [-0.3, -0.25) is 4.79 Å². The zero-order valence-electron chi connectivity index (χ0n) is 24.2. The van der Waals surface area contributed by atoms with E-state index in [4.69, 9.17) is 0 Å². The number of carboxylic acids is 1. The first-order chi connectivity index (χ1) is 18.6. The highest BCUT2D eigenvalue weighted by atomic mass is 19.1. The lowest BCUT2D eigenvalue weighted by Gasteiger charge is -2.62. The van der Waals surface area contributed by atoms with Gasteiger partial charge in [0.1, 0.15) is 5.67 Å². The van der Waals surface area contributed by atoms with Gasteiger partial charge in [-0.25, -0.2) is 4.39 Å². The molecule has 210 valence electrons. The summed E-state index contributed by atoms with van der Waals surface area (Å²) >= 11 is 0. The zero-order chi connectivity index (χ0) is 27.4. The molecule has 2 aromatic rings. The average Bonchev–Trinajstić information content (AvgIpc) is 3.30. The number of fused-ring (bicyclic) bond motifs is 5. The van der Waals surface area contributed by atoms with Crippen LogP contribution in [-0.2, 0) is 10.5 Å². The van der Waals surface area contributed by atoms with Gasteiger partial charge in [-0.2, -0.15) is 0 Å². The van der Waals surface area contributed by atoms with Gasteiger partial charge in [0.15, 0.2) is 0 Å². The molecule has 0 bridgehead atoms. The third kappa shape index (κ3) is 4.56. The van der Waals surface area contributed by atoms with Crippen LogP contribution < -0.4 is 0 Å². The first-order valence-electron chi connectivity index (χ1n) is 15.7. The lowest BCUT2D eigenvalue weighted by atomic mass is 9.43. The Morgan fingerprint density at radius 2 is 1.56 bits per heavy atom. The molecule has 0 unspecified atom stereocenters. The second-order valence-corrected chi connectivity index (χ2v) is 14.4. The van der Waals surface area contributed by atoms with E-state index in [2.05, 4.69) is 57.2 Å². The maximum Gasteiger partial charge on any atom is 0.303 e. The molecule has 1 N–H and O–H groups in total. The Labute approximate surface area is 234 Å². The number of alkyl halides is 1. The Kier molecular flexibility index (Phi) is 6.96. The van der Waals surface area contributed by atoms with Crippen molar-refractivity contribution in [2.75, 3.05) is 0 Å². The zero-order valence-corrected chi connectivity index (χ0v) is 24.2. The van der Waals surface area contributed by atoms with Gasteiger partial charge in [-0.15, -0.1) is 0 Å². The van der Waals surface area contributed by atoms with E-state index in [-0.39, 0.29) is 5.41 Å². The maximum absolute atomic E-state index is 16.7. The van der Waals surface area contributed by atoms with Gasteiger partial charge in [-0.05, 0) is 127 Å². The van der Waals surface area contributed by atoms with Crippen molar-refractivity contribution < 1.29 is 14.3 Å². The Hall–Kier alpha value is -2.16. The maximum atomic E-state index is 16.7. The van der Waals surface area contributed by atoms with E-state index in [0.29, 0.717) is 48.3 Å². The van der Waals surface area contributed by atoms with E-state index >= 15 is 4.39 Å². The highest BCUT2D eigenvalue weighted by Gasteiger charge is 2.62. The van der Waals surface area contributed by atoms with Crippen molar-refractivity contribution in [2.45, 2.75) is 97.1 Å². The highest BCUT2D eigenvalue weighted by molar-refractivity contribution is 5.66. The summed E-state index contributed by atoms with van der Waals surface area (Å²) in [5.41, 5.74) is 2.59. The molecule has 0 aliphatic heterocycles. The second kappa shape index (κ2) is 10.0. The normalized spacial score (nSPS) is 40.3. The summed E-state index contributed by atoms with van der Waals surface area (Å²) in [6.07, 6.45) is 10.9. The van der Waals surface area contributed by atoms with Gasteiger partial charge in [0, 0.05) is 6.42 Å². The molecule has 6 rings (SSSR count). The Morgan fingerprint density at radius 3 is 2.28 bits per heavy atom. The SMILES string of the molecule is C[C@H](CCC(=O)O)[C@H]1CC[C@H]2[C@@H]3CC[C@@H]4C[C@@](F)(c5ccc(-c6ccccc6)cc5)CC[C@]4(C)[C@H]3CC[C@]12C. The largest absolute Gasteiger partial charge is 0.481 e. The molecule has 4 fully saturated rings. The summed E-state index contributed by atoms with van der Waals surface area (Å²) < 4.78 is 16.7. The van der Waals surface area contributed by atoms with Crippen molar-refractivity contribution in [3.63, 3.8) is 0 Å². The monoisotopic (exact) mass is 530 g/mol. The first kappa shape index (κ1) is 27.0. The summed E-state index contributed by atoms with van der Waals surface area (Å²) in [6, 6.07) is 18.7. The van der Waals surface area contributed by atoms with E-state index in [1.54, 1.807) is 0 Å². The molecule has 3 heteroatoms. The van der Waals surface area contributed by atoms with Gasteiger partial charge >= 0.3 is 5.97 Å². The van der Waals surface area contributed by atoms with E-state index in [1.165, 1.54) is 37.7 Å². The number of carboxylic acid groups (broad SMARTS) is 1. The standard InChI is InChI=1S/C36H47FO2/c1-24(9-18-33(38)39)30-16-17-31-29-15-14-28-23-36(37,22-21-34(28,2)32(29)19-20-35(30,31)3)27-12-10-26(11-13-27)25-7-5-4-6-8-25/h4-8,10-13,24,28-32H,9,14-23H2,1-3H3,(H,38,39)/t24-,28-,29+,30-,31+,32+,34+,35-,36-/m1/s1. The van der Waals surface area contributed by atoms with Gasteiger partial charge < -0.3 is 5.11 Å². The van der Waals surface area contributed by atoms with Gasteiger partial charge in [0.05, 0.1) is 0 Å². The third-order valence-corrected chi connectivity index (χ3v) is 12.8. The molecular weight excluding hydrogens is 483 g/mol. The van der Waals surface area contributed by atoms with Crippen molar-refractivity contribution in [1.82, 2.24) is 0 Å². The van der Waals surface area contributed by atoms with Crippen molar-refractivity contribution in [3.05, 3.63) is 60.2 Å². The van der Waals surface area contributed by atoms with Crippen LogP contribution >= 0.6 is 0 Å². The number of hydrogen-bond acceptors (Lipinski definition) is 1. The minimum absolute atomic E-state index is 0.247. The van der Waals surface area contributed by atoms with Crippen molar-refractivity contribution >= 4 is 5.97 Å². The lowest BCUT2D eigenvalue weighted by Crippen LogP contribution is -2.55. The van der Waals surface area contributed by atoms with Crippen LogP contribution in [0.2, 0.25) is 0 Å². The Morgan fingerprint density at radius 1 is 0.872 bits per heavy atom. The van der Waals surface area contributed by atoms with Crippen LogP contribution in [0.5, 0.6) is 0 Å². The lowest BCUT2D eigenvalue weighted by molar-refractivity contribution is -0.140. The minimum Gasteiger partial charge on any atom is -0.481 e. The van der Waals surface area contributed by atoms with Crippen LogP contribution in [0.1, 0.15) is 97.0 Å². The van der Waals surface area contributed by atoms with Crippen molar-refractivity contribution in [2.24, 2.45) is 46.3 Å². The molecule has 4 aliphatic carbocycles. The topological polar surface area (TPSA) is 37.3 Å². The fourth-order valence-corrected chi connectivity index (χ4v) is 10.6. The number of hydrogen-bond donors (Lipinski definition) is 1. The summed E-state index contributed by atoms with van der Waals surface area (Å²) in [7, 11) is 0.